The number of carbonyl (C=O) groups excluding carboxylic acids is 2. The quantitative estimate of drug-likeness (QED) is 0.453. The average Bonchev–Trinajstić information content (AvgIpc) is 2.98. The van der Waals surface area contributed by atoms with E-state index in [1.54, 1.807) is 17.0 Å². The Labute approximate surface area is 166 Å². The Morgan fingerprint density at radius 1 is 0.893 bits per heavy atom. The van der Waals surface area contributed by atoms with E-state index in [0.717, 1.165) is 30.4 Å². The first-order valence-electron chi connectivity index (χ1n) is 9.98. The zero-order valence-corrected chi connectivity index (χ0v) is 16.7. The monoisotopic (exact) mass is 377 g/mol. The summed E-state index contributed by atoms with van der Waals surface area (Å²) in [6.07, 6.45) is 2.55. The molecule has 1 saturated heterocycles. The van der Waals surface area contributed by atoms with Gasteiger partial charge in [0.15, 0.2) is 0 Å². The molecule has 1 amide bonds. The highest BCUT2D eigenvalue weighted by Gasteiger charge is 2.45. The molecule has 1 fully saturated rings. The zero-order chi connectivity index (χ0) is 20.3. The summed E-state index contributed by atoms with van der Waals surface area (Å²) in [4.78, 5) is 27.1. The second kappa shape index (κ2) is 8.42. The van der Waals surface area contributed by atoms with E-state index in [4.69, 9.17) is 0 Å². The smallest absolute Gasteiger partial charge is 0.295 e. The number of nitrogens with zero attached hydrogens (tertiary/aromatic N) is 1. The van der Waals surface area contributed by atoms with Crippen LogP contribution in [0.4, 0.5) is 0 Å². The lowest BCUT2D eigenvalue weighted by Gasteiger charge is -2.25. The van der Waals surface area contributed by atoms with Crippen molar-refractivity contribution >= 4 is 17.4 Å². The molecule has 0 aliphatic carbocycles. The number of hydrogen-bond acceptors (Lipinski definition) is 3. The van der Waals surface area contributed by atoms with Gasteiger partial charge < -0.3 is 10.0 Å². The minimum atomic E-state index is -0.616. The molecule has 1 heterocycles. The first-order chi connectivity index (χ1) is 13.5. The fourth-order valence-electron chi connectivity index (χ4n) is 3.69. The third-order valence-electron chi connectivity index (χ3n) is 5.34. The molecule has 1 aliphatic heterocycles. The lowest BCUT2D eigenvalue weighted by molar-refractivity contribution is -0.139. The van der Waals surface area contributed by atoms with Crippen LogP contribution in [-0.4, -0.2) is 28.2 Å². The van der Waals surface area contributed by atoms with Gasteiger partial charge >= 0.3 is 0 Å². The van der Waals surface area contributed by atoms with Crippen LogP contribution in [0.1, 0.15) is 55.5 Å². The molecule has 1 aliphatic rings. The maximum atomic E-state index is 12.8. The highest BCUT2D eigenvalue weighted by atomic mass is 16.3. The van der Waals surface area contributed by atoms with Gasteiger partial charge in [-0.3, -0.25) is 9.59 Å². The number of ketones is 1. The molecule has 4 nitrogen and oxygen atoms in total. The van der Waals surface area contributed by atoms with E-state index in [2.05, 4.69) is 13.8 Å². The maximum Gasteiger partial charge on any atom is 0.295 e. The molecular formula is C24H27NO3. The van der Waals surface area contributed by atoms with Crippen molar-refractivity contribution < 1.29 is 14.7 Å². The first kappa shape index (κ1) is 19.9. The van der Waals surface area contributed by atoms with Gasteiger partial charge in [0.1, 0.15) is 5.76 Å². The molecule has 0 bridgehead atoms. The number of Topliss-reactive ketones (excluding diaryl/α,β-unsaturated/α-hetero) is 1. The Morgan fingerprint density at radius 3 is 1.93 bits per heavy atom. The van der Waals surface area contributed by atoms with E-state index in [9.17, 15) is 14.7 Å². The van der Waals surface area contributed by atoms with Crippen LogP contribution in [0, 0.1) is 0 Å². The van der Waals surface area contributed by atoms with Crippen LogP contribution in [-0.2, 0) is 22.4 Å². The molecule has 0 radical (unpaired) electrons. The molecule has 2 aromatic rings. The molecule has 146 valence electrons. The van der Waals surface area contributed by atoms with Crippen LogP contribution in [0.5, 0.6) is 0 Å². The van der Waals surface area contributed by atoms with Crippen LogP contribution in [0.15, 0.2) is 54.1 Å². The summed E-state index contributed by atoms with van der Waals surface area (Å²) in [5.41, 5.74) is 3.91. The number of likely N-dealkylation sites (tertiary alicyclic amines) is 1. The van der Waals surface area contributed by atoms with Gasteiger partial charge in [0.25, 0.3) is 11.7 Å². The Hall–Kier alpha value is -2.88. The molecule has 1 N–H and O–H groups in total. The minimum absolute atomic E-state index is 0.107. The van der Waals surface area contributed by atoms with E-state index >= 15 is 0 Å². The minimum Gasteiger partial charge on any atom is -0.507 e. The van der Waals surface area contributed by atoms with Crippen molar-refractivity contribution in [1.82, 2.24) is 4.90 Å². The molecule has 1 atom stereocenters. The van der Waals surface area contributed by atoms with E-state index in [1.165, 1.54) is 5.56 Å². The third kappa shape index (κ3) is 3.59. The van der Waals surface area contributed by atoms with Gasteiger partial charge in [0.05, 0.1) is 11.6 Å². The Balaban J connectivity index is 2.13. The van der Waals surface area contributed by atoms with Gasteiger partial charge in [-0.2, -0.15) is 0 Å². The van der Waals surface area contributed by atoms with E-state index in [1.807, 2.05) is 43.3 Å². The van der Waals surface area contributed by atoms with Gasteiger partial charge in [-0.05, 0) is 36.0 Å². The van der Waals surface area contributed by atoms with Crippen molar-refractivity contribution in [3.8, 4) is 0 Å². The third-order valence-corrected chi connectivity index (χ3v) is 5.34. The van der Waals surface area contributed by atoms with Crippen LogP contribution < -0.4 is 0 Å². The van der Waals surface area contributed by atoms with Gasteiger partial charge in [-0.1, -0.05) is 69.3 Å². The van der Waals surface area contributed by atoms with Gasteiger partial charge in [-0.25, -0.2) is 0 Å². The second-order valence-corrected chi connectivity index (χ2v) is 7.14. The summed E-state index contributed by atoms with van der Waals surface area (Å²) in [7, 11) is 0. The number of amides is 1. The summed E-state index contributed by atoms with van der Waals surface area (Å²) >= 11 is 0. The average molecular weight is 377 g/mol. The molecule has 1 unspecified atom stereocenters. The zero-order valence-electron chi connectivity index (χ0n) is 16.7. The largest absolute Gasteiger partial charge is 0.507 e. The highest BCUT2D eigenvalue weighted by Crippen LogP contribution is 2.39. The van der Waals surface area contributed by atoms with Crippen LogP contribution in [0.25, 0.3) is 5.76 Å². The molecule has 28 heavy (non-hydrogen) atoms. The molecule has 0 saturated carbocycles. The number of aliphatic hydroxyl groups excluding tert-OH is 1. The SMILES string of the molecule is CCCN1C(=O)C(=O)/C(=C(\O)c2ccc(CC)cc2)C1c1ccc(CC)cc1. The van der Waals surface area contributed by atoms with Gasteiger partial charge in [-0.15, -0.1) is 0 Å². The van der Waals surface area contributed by atoms with E-state index in [-0.39, 0.29) is 11.3 Å². The van der Waals surface area contributed by atoms with Crippen molar-refractivity contribution in [2.75, 3.05) is 6.54 Å². The Bertz CT molecular complexity index is 894. The van der Waals surface area contributed by atoms with Crippen LogP contribution in [0.3, 0.4) is 0 Å². The van der Waals surface area contributed by atoms with Crippen LogP contribution >= 0.6 is 0 Å². The summed E-state index contributed by atoms with van der Waals surface area (Å²) in [6, 6.07) is 14.8. The summed E-state index contributed by atoms with van der Waals surface area (Å²) in [5, 5.41) is 11.0. The number of aryl methyl sites for hydroxylation is 2. The molecule has 4 heteroatoms. The number of rotatable bonds is 6. The van der Waals surface area contributed by atoms with Crippen molar-refractivity contribution in [2.45, 2.75) is 46.1 Å². The van der Waals surface area contributed by atoms with Crippen molar-refractivity contribution in [3.63, 3.8) is 0 Å². The van der Waals surface area contributed by atoms with Gasteiger partial charge in [0, 0.05) is 12.1 Å². The molecule has 0 spiro atoms. The molecule has 0 aromatic heterocycles. The topological polar surface area (TPSA) is 57.6 Å². The Morgan fingerprint density at radius 2 is 1.43 bits per heavy atom. The fourth-order valence-corrected chi connectivity index (χ4v) is 3.69. The summed E-state index contributed by atoms with van der Waals surface area (Å²) < 4.78 is 0. The Kier molecular flexibility index (Phi) is 5.98. The lowest BCUT2D eigenvalue weighted by atomic mass is 9.94. The first-order valence-corrected chi connectivity index (χ1v) is 9.98. The summed E-state index contributed by atoms with van der Waals surface area (Å²) in [5.74, 6) is -1.27. The number of aliphatic hydroxyl groups is 1. The second-order valence-electron chi connectivity index (χ2n) is 7.14. The predicted molar refractivity (Wildman–Crippen MR) is 111 cm³/mol. The lowest BCUT2D eigenvalue weighted by Crippen LogP contribution is -2.30. The highest BCUT2D eigenvalue weighted by molar-refractivity contribution is 6.46. The standard InChI is InChI=1S/C24H27NO3/c1-4-15-25-21(18-11-7-16(5-2)8-12-18)20(23(27)24(25)28)22(26)19-13-9-17(6-3)10-14-19/h7-14,21,26H,4-6,15H2,1-3H3/b22-20-. The van der Waals surface area contributed by atoms with Crippen molar-refractivity contribution in [1.29, 1.82) is 0 Å². The number of benzene rings is 2. The molecule has 3 rings (SSSR count). The summed E-state index contributed by atoms with van der Waals surface area (Å²) in [6.45, 7) is 6.58. The van der Waals surface area contributed by atoms with Gasteiger partial charge in [0.2, 0.25) is 0 Å². The molecule has 2 aromatic carbocycles. The van der Waals surface area contributed by atoms with Crippen molar-refractivity contribution in [3.05, 3.63) is 76.4 Å². The van der Waals surface area contributed by atoms with Crippen molar-refractivity contribution in [2.24, 2.45) is 0 Å². The molecular weight excluding hydrogens is 350 g/mol. The van der Waals surface area contributed by atoms with Crippen LogP contribution in [0.2, 0.25) is 0 Å². The number of carbonyl (C=O) groups is 2. The maximum absolute atomic E-state index is 12.8. The fraction of sp³-hybridized carbons (Fsp3) is 0.333. The van der Waals surface area contributed by atoms with E-state index in [0.29, 0.717) is 12.1 Å². The van der Waals surface area contributed by atoms with E-state index < -0.39 is 17.7 Å². The predicted octanol–water partition coefficient (Wildman–Crippen LogP) is 4.64. The normalized spacial score (nSPS) is 18.7. The number of hydrogen-bond donors (Lipinski definition) is 1.